The van der Waals surface area contributed by atoms with E-state index in [9.17, 15) is 14.7 Å². The number of carbonyl (C=O) groups excluding carboxylic acids is 2. The molecule has 0 spiro atoms. The van der Waals surface area contributed by atoms with Gasteiger partial charge >= 0.3 is 0 Å². The van der Waals surface area contributed by atoms with Crippen molar-refractivity contribution in [3.05, 3.63) is 76.3 Å². The van der Waals surface area contributed by atoms with E-state index in [0.29, 0.717) is 17.1 Å². The first kappa shape index (κ1) is 20.1. The number of carbonyl (C=O) groups is 2. The van der Waals surface area contributed by atoms with Gasteiger partial charge in [-0.1, -0.05) is 41.9 Å². The predicted molar refractivity (Wildman–Crippen MR) is 109 cm³/mol. The van der Waals surface area contributed by atoms with Gasteiger partial charge in [0.15, 0.2) is 0 Å². The Hall–Kier alpha value is -2.63. The van der Waals surface area contributed by atoms with E-state index in [1.165, 1.54) is 4.90 Å². The molecule has 2 aromatic carbocycles. The Morgan fingerprint density at radius 2 is 1.71 bits per heavy atom. The normalized spacial score (nSPS) is 18.9. The van der Waals surface area contributed by atoms with E-state index in [1.807, 2.05) is 44.4 Å². The Labute approximate surface area is 169 Å². The first-order valence-corrected chi connectivity index (χ1v) is 9.66. The van der Waals surface area contributed by atoms with Crippen LogP contribution in [-0.2, 0) is 9.59 Å². The van der Waals surface area contributed by atoms with Crippen molar-refractivity contribution in [3.8, 4) is 0 Å². The van der Waals surface area contributed by atoms with E-state index in [4.69, 9.17) is 11.6 Å². The van der Waals surface area contributed by atoms with Crippen molar-refractivity contribution >= 4 is 29.1 Å². The van der Waals surface area contributed by atoms with Gasteiger partial charge in [-0.2, -0.15) is 0 Å². The minimum Gasteiger partial charge on any atom is -0.507 e. The van der Waals surface area contributed by atoms with Gasteiger partial charge < -0.3 is 14.9 Å². The van der Waals surface area contributed by atoms with Crippen molar-refractivity contribution in [2.75, 3.05) is 27.2 Å². The van der Waals surface area contributed by atoms with Crippen LogP contribution in [0.3, 0.4) is 0 Å². The fourth-order valence-corrected chi connectivity index (χ4v) is 3.58. The summed E-state index contributed by atoms with van der Waals surface area (Å²) >= 11 is 5.93. The lowest BCUT2D eigenvalue weighted by molar-refractivity contribution is -0.858. The average molecular weight is 400 g/mol. The number of benzene rings is 2. The number of nitrogens with one attached hydrogen (secondary N) is 1. The zero-order valence-corrected chi connectivity index (χ0v) is 16.7. The van der Waals surface area contributed by atoms with Gasteiger partial charge in [0.05, 0.1) is 32.3 Å². The van der Waals surface area contributed by atoms with E-state index < -0.39 is 17.7 Å². The fraction of sp³-hybridized carbons (Fsp3) is 0.273. The third-order valence-corrected chi connectivity index (χ3v) is 5.10. The summed E-state index contributed by atoms with van der Waals surface area (Å²) in [6, 6.07) is 15.3. The maximum Gasteiger partial charge on any atom is 0.295 e. The van der Waals surface area contributed by atoms with Crippen LogP contribution in [0.25, 0.3) is 5.76 Å². The van der Waals surface area contributed by atoms with Crippen molar-refractivity contribution in [2.24, 2.45) is 0 Å². The van der Waals surface area contributed by atoms with Gasteiger partial charge in [0.1, 0.15) is 5.76 Å². The highest BCUT2D eigenvalue weighted by atomic mass is 35.5. The summed E-state index contributed by atoms with van der Waals surface area (Å²) in [6.07, 6.45) is 0.764. The molecule has 1 amide bonds. The molecule has 2 N–H and O–H groups in total. The van der Waals surface area contributed by atoms with Gasteiger partial charge in [-0.05, 0) is 29.8 Å². The molecular weight excluding hydrogens is 376 g/mol. The van der Waals surface area contributed by atoms with Crippen LogP contribution >= 0.6 is 11.6 Å². The van der Waals surface area contributed by atoms with Gasteiger partial charge in [-0.15, -0.1) is 0 Å². The lowest BCUT2D eigenvalue weighted by Crippen LogP contribution is -3.05. The predicted octanol–water partition coefficient (Wildman–Crippen LogP) is 2.30. The topological polar surface area (TPSA) is 62.0 Å². The van der Waals surface area contributed by atoms with Crippen LogP contribution in [0.5, 0.6) is 0 Å². The molecule has 1 heterocycles. The van der Waals surface area contributed by atoms with Gasteiger partial charge in [0.25, 0.3) is 11.7 Å². The van der Waals surface area contributed by atoms with Crippen molar-refractivity contribution in [1.82, 2.24) is 4.90 Å². The van der Waals surface area contributed by atoms with E-state index in [2.05, 4.69) is 0 Å². The quantitative estimate of drug-likeness (QED) is 0.445. The summed E-state index contributed by atoms with van der Waals surface area (Å²) in [6.45, 7) is 1.33. The minimum atomic E-state index is -0.654. The van der Waals surface area contributed by atoms with E-state index in [-0.39, 0.29) is 11.3 Å². The Bertz CT molecular complexity index is 892. The fourth-order valence-electron chi connectivity index (χ4n) is 3.46. The SMILES string of the molecule is C[NH+](C)CCCN1C(=O)C(=O)C(=C(O)c2ccc(Cl)cc2)[C@H]1c1ccccc1. The molecule has 2 aromatic rings. The number of amides is 1. The van der Waals surface area contributed by atoms with Crippen LogP contribution in [0, 0.1) is 0 Å². The zero-order valence-electron chi connectivity index (χ0n) is 16.0. The highest BCUT2D eigenvalue weighted by Crippen LogP contribution is 2.39. The smallest absolute Gasteiger partial charge is 0.295 e. The summed E-state index contributed by atoms with van der Waals surface area (Å²) in [5.41, 5.74) is 1.38. The molecule has 6 heteroatoms. The summed E-state index contributed by atoms with van der Waals surface area (Å²) in [5, 5.41) is 11.4. The summed E-state index contributed by atoms with van der Waals surface area (Å²) < 4.78 is 0. The highest BCUT2D eigenvalue weighted by Gasteiger charge is 2.45. The van der Waals surface area contributed by atoms with Crippen LogP contribution < -0.4 is 4.90 Å². The van der Waals surface area contributed by atoms with Crippen LogP contribution in [0.2, 0.25) is 5.02 Å². The lowest BCUT2D eigenvalue weighted by Gasteiger charge is -2.25. The third kappa shape index (κ3) is 4.11. The molecule has 1 fully saturated rings. The molecule has 3 rings (SSSR count). The Morgan fingerprint density at radius 1 is 1.07 bits per heavy atom. The molecule has 0 aromatic heterocycles. The second kappa shape index (κ2) is 8.59. The number of halogens is 1. The molecule has 1 atom stereocenters. The summed E-state index contributed by atoms with van der Waals surface area (Å²) in [5.74, 6) is -1.40. The molecule has 0 bridgehead atoms. The molecule has 1 aliphatic rings. The standard InChI is InChI=1S/C22H23ClN2O3/c1-24(2)13-6-14-25-19(15-7-4-3-5-8-15)18(21(27)22(25)28)20(26)16-9-11-17(23)12-10-16/h3-5,7-12,19,26H,6,13-14H2,1-2H3/p+1/t19-/m1/s1. The number of quaternary nitrogens is 1. The van der Waals surface area contributed by atoms with Crippen LogP contribution in [0.4, 0.5) is 0 Å². The lowest BCUT2D eigenvalue weighted by atomic mass is 9.95. The molecule has 5 nitrogen and oxygen atoms in total. The maximum absolute atomic E-state index is 12.8. The number of hydrogen-bond donors (Lipinski definition) is 2. The number of Topliss-reactive ketones (excluding diaryl/α,β-unsaturated/α-hetero) is 1. The first-order chi connectivity index (χ1) is 13.4. The highest BCUT2D eigenvalue weighted by molar-refractivity contribution is 6.46. The number of nitrogens with zero attached hydrogens (tertiary/aromatic N) is 1. The largest absolute Gasteiger partial charge is 0.507 e. The Kier molecular flexibility index (Phi) is 6.17. The molecule has 0 saturated carbocycles. The number of rotatable bonds is 6. The molecule has 0 aliphatic carbocycles. The number of likely N-dealkylation sites (tertiary alicyclic amines) is 1. The molecule has 0 unspecified atom stereocenters. The zero-order chi connectivity index (χ0) is 20.3. The van der Waals surface area contributed by atoms with E-state index in [1.54, 1.807) is 29.2 Å². The Morgan fingerprint density at radius 3 is 2.32 bits per heavy atom. The maximum atomic E-state index is 12.8. The summed E-state index contributed by atoms with van der Waals surface area (Å²) in [7, 11) is 4.09. The second-order valence-corrected chi connectivity index (χ2v) is 7.66. The third-order valence-electron chi connectivity index (χ3n) is 4.85. The second-order valence-electron chi connectivity index (χ2n) is 7.22. The van der Waals surface area contributed by atoms with Gasteiger partial charge in [-0.25, -0.2) is 0 Å². The monoisotopic (exact) mass is 399 g/mol. The molecule has 0 radical (unpaired) electrons. The van der Waals surface area contributed by atoms with E-state index in [0.717, 1.165) is 18.5 Å². The van der Waals surface area contributed by atoms with Gasteiger partial charge in [0, 0.05) is 23.6 Å². The van der Waals surface area contributed by atoms with Crippen LogP contribution in [0.15, 0.2) is 60.2 Å². The number of aliphatic hydroxyl groups excluding tert-OH is 1. The van der Waals surface area contributed by atoms with Crippen molar-refractivity contribution in [2.45, 2.75) is 12.5 Å². The molecule has 28 heavy (non-hydrogen) atoms. The number of aliphatic hydroxyl groups is 1. The average Bonchev–Trinajstić information content (AvgIpc) is 2.93. The van der Waals surface area contributed by atoms with Crippen molar-refractivity contribution in [3.63, 3.8) is 0 Å². The van der Waals surface area contributed by atoms with Crippen LogP contribution in [0.1, 0.15) is 23.6 Å². The van der Waals surface area contributed by atoms with Gasteiger partial charge in [0.2, 0.25) is 0 Å². The Balaban J connectivity index is 2.06. The molecule has 1 saturated heterocycles. The van der Waals surface area contributed by atoms with E-state index >= 15 is 0 Å². The molecule has 1 aliphatic heterocycles. The van der Waals surface area contributed by atoms with Crippen LogP contribution in [-0.4, -0.2) is 48.9 Å². The van der Waals surface area contributed by atoms with Crippen molar-refractivity contribution < 1.29 is 19.6 Å². The molecule has 146 valence electrons. The number of hydrogen-bond acceptors (Lipinski definition) is 3. The first-order valence-electron chi connectivity index (χ1n) is 9.28. The summed E-state index contributed by atoms with van der Waals surface area (Å²) in [4.78, 5) is 28.4. The van der Waals surface area contributed by atoms with Crippen molar-refractivity contribution in [1.29, 1.82) is 0 Å². The number of ketones is 1. The minimum absolute atomic E-state index is 0.121. The molecular formula is C22H24ClN2O3+. The van der Waals surface area contributed by atoms with Gasteiger partial charge in [-0.3, -0.25) is 9.59 Å².